The minimum absolute atomic E-state index is 0.207. The number of allylic oxidation sites excluding steroid dienone is 1. The Labute approximate surface area is 236 Å². The van der Waals surface area contributed by atoms with Crippen LogP contribution < -0.4 is 5.32 Å². The largest absolute Gasteiger partial charge is 0.436 e. The van der Waals surface area contributed by atoms with E-state index in [1.807, 2.05) is 11.0 Å². The van der Waals surface area contributed by atoms with Gasteiger partial charge in [-0.1, -0.05) is 52.3 Å². The first-order chi connectivity index (χ1) is 18.3. The maximum absolute atomic E-state index is 13.2. The SMILES string of the molecule is C/C(=N\OC(=O)N(CC(C)C)CC1CC(C)(C)CN1)[C@H]1CC[C@H]2[C@@H]3CCC4=CC(=O)CC[C@]4(C)[C@H]3CC[C@]12C. The lowest BCUT2D eigenvalue weighted by molar-refractivity contribution is -0.117. The van der Waals surface area contributed by atoms with Gasteiger partial charge in [-0.05, 0) is 104 Å². The molecule has 1 heterocycles. The normalized spacial score (nSPS) is 39.6. The molecule has 0 aromatic carbocycles. The molecule has 3 saturated carbocycles. The molecule has 0 bridgehead atoms. The van der Waals surface area contributed by atoms with E-state index in [0.717, 1.165) is 43.9 Å². The molecule has 4 fully saturated rings. The van der Waals surface area contributed by atoms with Gasteiger partial charge in [0.25, 0.3) is 0 Å². The zero-order valence-corrected chi connectivity index (χ0v) is 25.6. The van der Waals surface area contributed by atoms with Gasteiger partial charge in [-0.15, -0.1) is 0 Å². The Morgan fingerprint density at radius 1 is 1.10 bits per heavy atom. The highest BCUT2D eigenvalue weighted by atomic mass is 16.7. The van der Waals surface area contributed by atoms with Crippen molar-refractivity contribution in [1.82, 2.24) is 10.2 Å². The quantitative estimate of drug-likeness (QED) is 0.224. The molecule has 39 heavy (non-hydrogen) atoms. The van der Waals surface area contributed by atoms with Crippen LogP contribution in [-0.4, -0.2) is 48.2 Å². The number of nitrogens with one attached hydrogen (secondary N) is 1. The van der Waals surface area contributed by atoms with Gasteiger partial charge in [0.2, 0.25) is 0 Å². The topological polar surface area (TPSA) is 71.0 Å². The second-order valence-corrected chi connectivity index (χ2v) is 15.5. The van der Waals surface area contributed by atoms with Crippen LogP contribution in [0.4, 0.5) is 4.79 Å². The fourth-order valence-electron chi connectivity index (χ4n) is 9.77. The van der Waals surface area contributed by atoms with Crippen molar-refractivity contribution in [2.45, 2.75) is 112 Å². The summed E-state index contributed by atoms with van der Waals surface area (Å²) in [4.78, 5) is 32.9. The zero-order valence-electron chi connectivity index (χ0n) is 25.6. The van der Waals surface area contributed by atoms with Crippen molar-refractivity contribution < 1.29 is 14.4 Å². The molecule has 0 radical (unpaired) electrons. The second kappa shape index (κ2) is 10.6. The molecule has 6 nitrogen and oxygen atoms in total. The van der Waals surface area contributed by atoms with Crippen molar-refractivity contribution in [2.24, 2.45) is 51.0 Å². The minimum Gasteiger partial charge on any atom is -0.312 e. The highest BCUT2D eigenvalue weighted by Gasteiger charge is 2.59. The van der Waals surface area contributed by atoms with E-state index in [1.165, 1.54) is 31.3 Å². The van der Waals surface area contributed by atoms with E-state index >= 15 is 0 Å². The Balaban J connectivity index is 1.25. The molecule has 0 aromatic heterocycles. The molecule has 6 heteroatoms. The molecular weight excluding hydrogens is 486 g/mol. The summed E-state index contributed by atoms with van der Waals surface area (Å²) in [6.07, 6.45) is 11.6. The summed E-state index contributed by atoms with van der Waals surface area (Å²) in [6, 6.07) is 0.302. The molecule has 0 spiro atoms. The fourth-order valence-corrected chi connectivity index (χ4v) is 9.77. The smallest absolute Gasteiger partial charge is 0.312 e. The Morgan fingerprint density at radius 2 is 1.87 bits per heavy atom. The Hall–Kier alpha value is -1.69. The number of amides is 1. The first-order valence-corrected chi connectivity index (χ1v) is 15.8. The van der Waals surface area contributed by atoms with Crippen molar-refractivity contribution in [1.29, 1.82) is 0 Å². The number of nitrogens with zero attached hydrogens (tertiary/aromatic N) is 2. The van der Waals surface area contributed by atoms with Gasteiger partial charge >= 0.3 is 6.09 Å². The first-order valence-electron chi connectivity index (χ1n) is 15.8. The van der Waals surface area contributed by atoms with Crippen LogP contribution in [0.5, 0.6) is 0 Å². The Morgan fingerprint density at radius 3 is 2.56 bits per heavy atom. The van der Waals surface area contributed by atoms with Crippen LogP contribution >= 0.6 is 0 Å². The lowest BCUT2D eigenvalue weighted by Crippen LogP contribution is -2.51. The third kappa shape index (κ3) is 5.48. The second-order valence-electron chi connectivity index (χ2n) is 15.5. The molecule has 1 saturated heterocycles. The van der Waals surface area contributed by atoms with E-state index in [1.54, 1.807) is 0 Å². The summed E-state index contributed by atoms with van der Waals surface area (Å²) in [5.74, 6) is 3.17. The van der Waals surface area contributed by atoms with Crippen LogP contribution in [0.1, 0.15) is 106 Å². The summed E-state index contributed by atoms with van der Waals surface area (Å²) >= 11 is 0. The lowest BCUT2D eigenvalue weighted by Gasteiger charge is -2.58. The van der Waals surface area contributed by atoms with E-state index in [-0.39, 0.29) is 22.3 Å². The molecule has 1 amide bonds. The summed E-state index contributed by atoms with van der Waals surface area (Å²) in [5.41, 5.74) is 3.10. The van der Waals surface area contributed by atoms with Gasteiger partial charge in [0.1, 0.15) is 0 Å². The van der Waals surface area contributed by atoms with E-state index in [2.05, 4.69) is 58.9 Å². The molecule has 1 aliphatic heterocycles. The number of rotatable bonds is 6. The molecule has 218 valence electrons. The van der Waals surface area contributed by atoms with Crippen molar-refractivity contribution in [3.8, 4) is 0 Å². The van der Waals surface area contributed by atoms with Crippen LogP contribution in [-0.2, 0) is 9.63 Å². The zero-order chi connectivity index (χ0) is 28.2. The van der Waals surface area contributed by atoms with Crippen LogP contribution in [0, 0.1) is 45.8 Å². The monoisotopic (exact) mass is 539 g/mol. The summed E-state index contributed by atoms with van der Waals surface area (Å²) < 4.78 is 0. The highest BCUT2D eigenvalue weighted by molar-refractivity contribution is 5.91. The number of hydrogen-bond donors (Lipinski definition) is 1. The van der Waals surface area contributed by atoms with Gasteiger partial charge in [0.15, 0.2) is 5.78 Å². The van der Waals surface area contributed by atoms with Gasteiger partial charge in [-0.25, -0.2) is 4.79 Å². The van der Waals surface area contributed by atoms with Gasteiger partial charge in [0.05, 0.1) is 5.71 Å². The van der Waals surface area contributed by atoms with Gasteiger partial charge in [-0.3, -0.25) is 9.63 Å². The summed E-state index contributed by atoms with van der Waals surface area (Å²) in [6.45, 7) is 18.2. The Bertz CT molecular complexity index is 1030. The average Bonchev–Trinajstić information content (AvgIpc) is 3.40. The average molecular weight is 540 g/mol. The number of carbonyl (C=O) groups excluding carboxylic acids is 2. The van der Waals surface area contributed by atoms with Crippen LogP contribution in [0.25, 0.3) is 0 Å². The van der Waals surface area contributed by atoms with Crippen molar-refractivity contribution in [2.75, 3.05) is 19.6 Å². The van der Waals surface area contributed by atoms with E-state index in [4.69, 9.17) is 4.84 Å². The molecule has 5 rings (SSSR count). The highest BCUT2D eigenvalue weighted by Crippen LogP contribution is 2.66. The molecule has 1 unspecified atom stereocenters. The number of carbonyl (C=O) groups is 2. The molecule has 1 N–H and O–H groups in total. The van der Waals surface area contributed by atoms with Gasteiger partial charge in [-0.2, -0.15) is 0 Å². The number of hydrogen-bond acceptors (Lipinski definition) is 5. The van der Waals surface area contributed by atoms with Gasteiger partial charge < -0.3 is 10.2 Å². The number of oxime groups is 1. The predicted octanol–water partition coefficient (Wildman–Crippen LogP) is 6.99. The molecule has 7 atom stereocenters. The van der Waals surface area contributed by atoms with E-state index in [9.17, 15) is 9.59 Å². The lowest BCUT2D eigenvalue weighted by atomic mass is 9.46. The first kappa shape index (κ1) is 28.8. The van der Waals surface area contributed by atoms with Crippen LogP contribution in [0.3, 0.4) is 0 Å². The predicted molar refractivity (Wildman–Crippen MR) is 156 cm³/mol. The summed E-state index contributed by atoms with van der Waals surface area (Å²) in [7, 11) is 0. The third-order valence-electron chi connectivity index (χ3n) is 11.7. The Kier molecular flexibility index (Phi) is 7.84. The van der Waals surface area contributed by atoms with Crippen LogP contribution in [0.15, 0.2) is 16.8 Å². The number of ketones is 1. The molecule has 5 aliphatic rings. The third-order valence-corrected chi connectivity index (χ3v) is 11.7. The maximum Gasteiger partial charge on any atom is 0.436 e. The molecule has 4 aliphatic carbocycles. The maximum atomic E-state index is 13.2. The van der Waals surface area contributed by atoms with Crippen molar-refractivity contribution >= 4 is 17.6 Å². The van der Waals surface area contributed by atoms with Crippen molar-refractivity contribution in [3.63, 3.8) is 0 Å². The molecule has 0 aromatic rings. The van der Waals surface area contributed by atoms with Gasteiger partial charge in [0, 0.05) is 38.0 Å². The molecular formula is C33H53N3O3. The standard InChI is InChI=1S/C33H53N3O3/c1-21(2)18-36(19-24-17-31(4,5)20-34-24)30(38)39-35-22(3)27-10-11-28-26-9-8-23-16-25(37)12-14-32(23,6)29(26)13-15-33(27,28)7/h16,21,24,26-29,34H,8-15,17-20H2,1-7H3/b35-22+/t24?,26-,27+,28-,29-,32-,33+/m0/s1. The van der Waals surface area contributed by atoms with E-state index in [0.29, 0.717) is 55.0 Å². The van der Waals surface area contributed by atoms with Crippen molar-refractivity contribution in [3.05, 3.63) is 11.6 Å². The fraction of sp³-hybridized carbons (Fsp3) is 0.848. The summed E-state index contributed by atoms with van der Waals surface area (Å²) in [5, 5.41) is 8.11. The van der Waals surface area contributed by atoms with Crippen LogP contribution in [0.2, 0.25) is 0 Å². The van der Waals surface area contributed by atoms with E-state index < -0.39 is 0 Å². The minimum atomic E-state index is -0.315. The number of fused-ring (bicyclic) bond motifs is 5.